The first kappa shape index (κ1) is 16.7. The van der Waals surface area contributed by atoms with Crippen molar-refractivity contribution in [1.29, 1.82) is 0 Å². The Morgan fingerprint density at radius 2 is 1.95 bits per heavy atom. The standard InChI is InChI=1S/C13H14Cl2FNO3/c1-3-7(2)17(6-12(18)19)13(20)8-4-11(16)10(15)5-9(8)14/h4-5,7H,3,6H2,1-2H3,(H,18,19). The molecule has 0 aliphatic heterocycles. The maximum absolute atomic E-state index is 13.5. The van der Waals surface area contributed by atoms with E-state index in [2.05, 4.69) is 0 Å². The fraction of sp³-hybridized carbons (Fsp3) is 0.385. The first-order chi connectivity index (χ1) is 9.27. The van der Waals surface area contributed by atoms with Gasteiger partial charge in [0.25, 0.3) is 5.91 Å². The van der Waals surface area contributed by atoms with Crippen LogP contribution >= 0.6 is 23.2 Å². The van der Waals surface area contributed by atoms with Crippen molar-refractivity contribution in [2.75, 3.05) is 6.54 Å². The van der Waals surface area contributed by atoms with Crippen molar-refractivity contribution in [2.24, 2.45) is 0 Å². The molecule has 1 unspecified atom stereocenters. The maximum atomic E-state index is 13.5. The number of amides is 1. The summed E-state index contributed by atoms with van der Waals surface area (Å²) in [6.07, 6.45) is 0.562. The lowest BCUT2D eigenvalue weighted by atomic mass is 10.1. The molecule has 1 amide bonds. The third-order valence-corrected chi connectivity index (χ3v) is 3.53. The molecule has 1 aromatic carbocycles. The van der Waals surface area contributed by atoms with Crippen LogP contribution in [0.2, 0.25) is 10.0 Å². The smallest absolute Gasteiger partial charge is 0.323 e. The van der Waals surface area contributed by atoms with Gasteiger partial charge >= 0.3 is 5.97 Å². The first-order valence-corrected chi connectivity index (χ1v) is 6.70. The van der Waals surface area contributed by atoms with E-state index in [1.165, 1.54) is 0 Å². The number of rotatable bonds is 5. The predicted octanol–water partition coefficient (Wildman–Crippen LogP) is 3.46. The van der Waals surface area contributed by atoms with Crippen molar-refractivity contribution in [3.05, 3.63) is 33.6 Å². The summed E-state index contributed by atoms with van der Waals surface area (Å²) in [7, 11) is 0. The monoisotopic (exact) mass is 321 g/mol. The number of hydrogen-bond donors (Lipinski definition) is 1. The molecule has 20 heavy (non-hydrogen) atoms. The zero-order valence-electron chi connectivity index (χ0n) is 11.0. The first-order valence-electron chi connectivity index (χ1n) is 5.95. The SMILES string of the molecule is CCC(C)N(CC(=O)O)C(=O)c1cc(F)c(Cl)cc1Cl. The number of aliphatic carboxylic acids is 1. The van der Waals surface area contributed by atoms with Gasteiger partial charge in [-0.15, -0.1) is 0 Å². The Balaban J connectivity index is 3.18. The molecular formula is C13H14Cl2FNO3. The molecule has 0 aliphatic rings. The van der Waals surface area contributed by atoms with Crippen LogP contribution in [-0.2, 0) is 4.79 Å². The minimum atomic E-state index is -1.15. The molecule has 110 valence electrons. The molecule has 0 saturated carbocycles. The third-order valence-electron chi connectivity index (χ3n) is 2.93. The summed E-state index contributed by atoms with van der Waals surface area (Å²) in [5.41, 5.74) is -0.102. The topological polar surface area (TPSA) is 57.6 Å². The molecule has 1 aromatic rings. The summed E-state index contributed by atoms with van der Waals surface area (Å²) in [5, 5.41) is 8.66. The van der Waals surface area contributed by atoms with E-state index < -0.39 is 24.2 Å². The second kappa shape index (κ2) is 6.90. The molecule has 7 heteroatoms. The zero-order chi connectivity index (χ0) is 15.4. The van der Waals surface area contributed by atoms with Gasteiger partial charge in [-0.25, -0.2) is 4.39 Å². The van der Waals surface area contributed by atoms with E-state index in [1.54, 1.807) is 6.92 Å². The van der Waals surface area contributed by atoms with Crippen LogP contribution in [0.4, 0.5) is 4.39 Å². The number of carbonyl (C=O) groups is 2. The molecule has 4 nitrogen and oxygen atoms in total. The van der Waals surface area contributed by atoms with Gasteiger partial charge in [0.1, 0.15) is 12.4 Å². The summed E-state index contributed by atoms with van der Waals surface area (Å²) < 4.78 is 13.5. The van der Waals surface area contributed by atoms with Crippen molar-refractivity contribution in [3.8, 4) is 0 Å². The molecule has 1 atom stereocenters. The number of benzene rings is 1. The highest BCUT2D eigenvalue weighted by molar-refractivity contribution is 6.36. The van der Waals surface area contributed by atoms with Crippen LogP contribution in [0.25, 0.3) is 0 Å². The summed E-state index contributed by atoms with van der Waals surface area (Å²) in [6, 6.07) is 1.74. The molecule has 0 aromatic heterocycles. The van der Waals surface area contributed by atoms with Crippen molar-refractivity contribution in [3.63, 3.8) is 0 Å². The van der Waals surface area contributed by atoms with Gasteiger partial charge < -0.3 is 10.0 Å². The summed E-state index contributed by atoms with van der Waals surface area (Å²) in [6.45, 7) is 3.05. The number of carboxylic acids is 1. The van der Waals surface area contributed by atoms with E-state index in [-0.39, 0.29) is 21.7 Å². The number of hydrogen-bond acceptors (Lipinski definition) is 2. The van der Waals surface area contributed by atoms with Gasteiger partial charge in [-0.1, -0.05) is 30.1 Å². The molecule has 0 radical (unpaired) electrons. The Morgan fingerprint density at radius 3 is 2.45 bits per heavy atom. The second-order valence-electron chi connectivity index (χ2n) is 4.33. The zero-order valence-corrected chi connectivity index (χ0v) is 12.5. The van der Waals surface area contributed by atoms with Crippen LogP contribution in [0.3, 0.4) is 0 Å². The fourth-order valence-electron chi connectivity index (χ4n) is 1.64. The molecule has 0 fully saturated rings. The van der Waals surface area contributed by atoms with Crippen LogP contribution in [0.15, 0.2) is 12.1 Å². The van der Waals surface area contributed by atoms with Crippen molar-refractivity contribution in [2.45, 2.75) is 26.3 Å². The Labute approximate surface area is 126 Å². The van der Waals surface area contributed by atoms with E-state index in [9.17, 15) is 14.0 Å². The number of carboxylic acid groups (broad SMARTS) is 1. The predicted molar refractivity (Wildman–Crippen MR) is 74.8 cm³/mol. The van der Waals surface area contributed by atoms with E-state index >= 15 is 0 Å². The van der Waals surface area contributed by atoms with Gasteiger partial charge in [-0.05, 0) is 25.5 Å². The maximum Gasteiger partial charge on any atom is 0.323 e. The Hall–Kier alpha value is -1.33. The van der Waals surface area contributed by atoms with Gasteiger partial charge in [0.2, 0.25) is 0 Å². The van der Waals surface area contributed by atoms with E-state index in [4.69, 9.17) is 28.3 Å². The van der Waals surface area contributed by atoms with Gasteiger partial charge in [0.15, 0.2) is 0 Å². The number of halogens is 3. The van der Waals surface area contributed by atoms with E-state index in [1.807, 2.05) is 6.92 Å². The van der Waals surface area contributed by atoms with E-state index in [0.29, 0.717) is 6.42 Å². The normalized spacial score (nSPS) is 12.1. The van der Waals surface area contributed by atoms with Crippen molar-refractivity contribution >= 4 is 35.1 Å². The van der Waals surface area contributed by atoms with Crippen LogP contribution in [0, 0.1) is 5.82 Å². The van der Waals surface area contributed by atoms with Crippen molar-refractivity contribution < 1.29 is 19.1 Å². The van der Waals surface area contributed by atoms with Crippen LogP contribution in [0.1, 0.15) is 30.6 Å². The highest BCUT2D eigenvalue weighted by atomic mass is 35.5. The lowest BCUT2D eigenvalue weighted by molar-refractivity contribution is -0.138. The lowest BCUT2D eigenvalue weighted by Crippen LogP contribution is -2.42. The van der Waals surface area contributed by atoms with Gasteiger partial charge in [0, 0.05) is 6.04 Å². The summed E-state index contributed by atoms with van der Waals surface area (Å²) in [5.74, 6) is -2.56. The van der Waals surface area contributed by atoms with Crippen molar-refractivity contribution in [1.82, 2.24) is 4.90 Å². The molecule has 0 heterocycles. The Bertz CT molecular complexity index is 537. The molecular weight excluding hydrogens is 308 g/mol. The average Bonchev–Trinajstić information content (AvgIpc) is 2.38. The van der Waals surface area contributed by atoms with Crippen LogP contribution in [-0.4, -0.2) is 34.5 Å². The molecule has 0 spiro atoms. The van der Waals surface area contributed by atoms with Gasteiger partial charge in [-0.2, -0.15) is 0 Å². The summed E-state index contributed by atoms with van der Waals surface area (Å²) >= 11 is 11.4. The average molecular weight is 322 g/mol. The minimum absolute atomic E-state index is 0.0138. The second-order valence-corrected chi connectivity index (χ2v) is 5.14. The highest BCUT2D eigenvalue weighted by Crippen LogP contribution is 2.26. The molecule has 0 aliphatic carbocycles. The van der Waals surface area contributed by atoms with Crippen LogP contribution in [0.5, 0.6) is 0 Å². The molecule has 0 bridgehead atoms. The van der Waals surface area contributed by atoms with Gasteiger partial charge in [-0.3, -0.25) is 9.59 Å². The number of nitrogens with zero attached hydrogens (tertiary/aromatic N) is 1. The number of carbonyl (C=O) groups excluding carboxylic acids is 1. The van der Waals surface area contributed by atoms with Gasteiger partial charge in [0.05, 0.1) is 15.6 Å². The largest absolute Gasteiger partial charge is 0.480 e. The van der Waals surface area contributed by atoms with E-state index in [0.717, 1.165) is 17.0 Å². The third kappa shape index (κ3) is 3.84. The lowest BCUT2D eigenvalue weighted by Gasteiger charge is -2.27. The van der Waals surface area contributed by atoms with Crippen LogP contribution < -0.4 is 0 Å². The molecule has 0 saturated heterocycles. The Morgan fingerprint density at radius 1 is 1.35 bits per heavy atom. The molecule has 1 N–H and O–H groups in total. The summed E-state index contributed by atoms with van der Waals surface area (Å²) in [4.78, 5) is 24.3. The Kier molecular flexibility index (Phi) is 5.77. The minimum Gasteiger partial charge on any atom is -0.480 e. The molecule has 1 rings (SSSR count). The quantitative estimate of drug-likeness (QED) is 0.845. The highest BCUT2D eigenvalue weighted by Gasteiger charge is 2.25. The fourth-order valence-corrected chi connectivity index (χ4v) is 2.10.